The fourth-order valence-corrected chi connectivity index (χ4v) is 2.44. The SMILES string of the molecule is NCc1ccc(CN2CCc3ccccc32)nc1. The molecule has 3 nitrogen and oxygen atoms in total. The molecule has 3 heteroatoms. The van der Waals surface area contributed by atoms with Gasteiger partial charge in [0.15, 0.2) is 0 Å². The summed E-state index contributed by atoms with van der Waals surface area (Å²) in [5.74, 6) is 0. The van der Waals surface area contributed by atoms with Crippen LogP contribution in [0.3, 0.4) is 0 Å². The molecular weight excluding hydrogens is 222 g/mol. The molecule has 3 rings (SSSR count). The van der Waals surface area contributed by atoms with Gasteiger partial charge in [-0.15, -0.1) is 0 Å². The van der Waals surface area contributed by atoms with E-state index in [2.05, 4.69) is 46.3 Å². The first kappa shape index (κ1) is 11.2. The van der Waals surface area contributed by atoms with Crippen molar-refractivity contribution in [1.82, 2.24) is 4.98 Å². The van der Waals surface area contributed by atoms with Crippen molar-refractivity contribution in [2.45, 2.75) is 19.5 Å². The minimum Gasteiger partial charge on any atom is -0.365 e. The Morgan fingerprint density at radius 3 is 2.83 bits per heavy atom. The van der Waals surface area contributed by atoms with E-state index in [9.17, 15) is 0 Å². The van der Waals surface area contributed by atoms with Crippen LogP contribution in [0.2, 0.25) is 0 Å². The van der Waals surface area contributed by atoms with Crippen LogP contribution in [-0.4, -0.2) is 11.5 Å². The van der Waals surface area contributed by atoms with Gasteiger partial charge in [0.05, 0.1) is 12.2 Å². The normalized spacial score (nSPS) is 13.7. The molecular formula is C15H17N3. The number of aromatic nitrogens is 1. The summed E-state index contributed by atoms with van der Waals surface area (Å²) >= 11 is 0. The molecule has 2 aromatic rings. The molecule has 92 valence electrons. The second-order valence-electron chi connectivity index (χ2n) is 4.66. The Kier molecular flexibility index (Phi) is 2.99. The maximum atomic E-state index is 5.58. The van der Waals surface area contributed by atoms with Gasteiger partial charge in [0.2, 0.25) is 0 Å². The molecule has 0 saturated carbocycles. The Morgan fingerprint density at radius 1 is 1.17 bits per heavy atom. The molecule has 0 atom stereocenters. The number of pyridine rings is 1. The van der Waals surface area contributed by atoms with E-state index in [0.29, 0.717) is 6.54 Å². The number of hydrogen-bond donors (Lipinski definition) is 1. The number of anilines is 1. The van der Waals surface area contributed by atoms with Crippen LogP contribution in [0.25, 0.3) is 0 Å². The van der Waals surface area contributed by atoms with Crippen molar-refractivity contribution < 1.29 is 0 Å². The predicted molar refractivity (Wildman–Crippen MR) is 73.3 cm³/mol. The van der Waals surface area contributed by atoms with E-state index in [4.69, 9.17) is 5.73 Å². The molecule has 0 radical (unpaired) electrons. The van der Waals surface area contributed by atoms with Gasteiger partial charge in [0.25, 0.3) is 0 Å². The topological polar surface area (TPSA) is 42.1 Å². The summed E-state index contributed by atoms with van der Waals surface area (Å²) in [5, 5.41) is 0. The van der Waals surface area contributed by atoms with Gasteiger partial charge >= 0.3 is 0 Å². The molecule has 1 aromatic heterocycles. The largest absolute Gasteiger partial charge is 0.365 e. The standard InChI is InChI=1S/C15H17N3/c16-9-12-5-6-14(17-10-12)11-18-8-7-13-3-1-2-4-15(13)18/h1-6,10H,7-9,11,16H2. The van der Waals surface area contributed by atoms with Crippen LogP contribution in [0.5, 0.6) is 0 Å². The van der Waals surface area contributed by atoms with Gasteiger partial charge in [-0.05, 0) is 29.7 Å². The van der Waals surface area contributed by atoms with Gasteiger partial charge in [-0.3, -0.25) is 4.98 Å². The van der Waals surface area contributed by atoms with E-state index < -0.39 is 0 Å². The number of benzene rings is 1. The lowest BCUT2D eigenvalue weighted by atomic mass is 10.2. The molecule has 2 heterocycles. The minimum absolute atomic E-state index is 0.555. The second kappa shape index (κ2) is 4.78. The maximum absolute atomic E-state index is 5.58. The van der Waals surface area contributed by atoms with Crippen LogP contribution in [0.15, 0.2) is 42.6 Å². The smallest absolute Gasteiger partial charge is 0.0602 e. The Hall–Kier alpha value is -1.87. The van der Waals surface area contributed by atoms with Crippen molar-refractivity contribution >= 4 is 5.69 Å². The number of nitrogens with two attached hydrogens (primary N) is 1. The van der Waals surface area contributed by atoms with Gasteiger partial charge in [-0.25, -0.2) is 0 Å². The molecule has 1 aromatic carbocycles. The lowest BCUT2D eigenvalue weighted by molar-refractivity contribution is 0.812. The van der Waals surface area contributed by atoms with E-state index in [0.717, 1.165) is 30.8 Å². The molecule has 1 aliphatic rings. The van der Waals surface area contributed by atoms with Crippen LogP contribution in [0.1, 0.15) is 16.8 Å². The molecule has 0 bridgehead atoms. The van der Waals surface area contributed by atoms with Gasteiger partial charge < -0.3 is 10.6 Å². The lowest BCUT2D eigenvalue weighted by Crippen LogP contribution is -2.20. The zero-order valence-electron chi connectivity index (χ0n) is 10.3. The van der Waals surface area contributed by atoms with Crippen molar-refractivity contribution in [3.8, 4) is 0 Å². The Morgan fingerprint density at radius 2 is 2.06 bits per heavy atom. The highest BCUT2D eigenvalue weighted by atomic mass is 15.2. The van der Waals surface area contributed by atoms with Crippen molar-refractivity contribution in [2.75, 3.05) is 11.4 Å². The zero-order chi connectivity index (χ0) is 12.4. The average Bonchev–Trinajstić information content (AvgIpc) is 2.83. The summed E-state index contributed by atoms with van der Waals surface area (Å²) in [4.78, 5) is 6.85. The summed E-state index contributed by atoms with van der Waals surface area (Å²) in [6.45, 7) is 2.52. The first-order chi connectivity index (χ1) is 8.86. The summed E-state index contributed by atoms with van der Waals surface area (Å²) in [6.07, 6.45) is 3.01. The van der Waals surface area contributed by atoms with Crippen LogP contribution < -0.4 is 10.6 Å². The van der Waals surface area contributed by atoms with Crippen LogP contribution >= 0.6 is 0 Å². The fourth-order valence-electron chi connectivity index (χ4n) is 2.44. The van der Waals surface area contributed by atoms with Gasteiger partial charge in [-0.2, -0.15) is 0 Å². The molecule has 2 N–H and O–H groups in total. The Balaban J connectivity index is 1.77. The first-order valence-electron chi connectivity index (χ1n) is 6.33. The van der Waals surface area contributed by atoms with Crippen molar-refractivity contribution in [1.29, 1.82) is 0 Å². The first-order valence-corrected chi connectivity index (χ1v) is 6.33. The number of rotatable bonds is 3. The number of nitrogens with zero attached hydrogens (tertiary/aromatic N) is 2. The third-order valence-electron chi connectivity index (χ3n) is 3.46. The van der Waals surface area contributed by atoms with Gasteiger partial charge in [-0.1, -0.05) is 24.3 Å². The van der Waals surface area contributed by atoms with E-state index in [-0.39, 0.29) is 0 Å². The van der Waals surface area contributed by atoms with Crippen LogP contribution in [0.4, 0.5) is 5.69 Å². The highest BCUT2D eigenvalue weighted by molar-refractivity contribution is 5.57. The van der Waals surface area contributed by atoms with Gasteiger partial charge in [0, 0.05) is 25.0 Å². The molecule has 18 heavy (non-hydrogen) atoms. The summed E-state index contributed by atoms with van der Waals surface area (Å²) in [7, 11) is 0. The number of hydrogen-bond acceptors (Lipinski definition) is 3. The van der Waals surface area contributed by atoms with Crippen molar-refractivity contribution in [3.63, 3.8) is 0 Å². The van der Waals surface area contributed by atoms with E-state index in [1.807, 2.05) is 6.20 Å². The molecule has 0 amide bonds. The number of para-hydroxylation sites is 1. The van der Waals surface area contributed by atoms with Crippen LogP contribution in [-0.2, 0) is 19.5 Å². The minimum atomic E-state index is 0.555. The molecule has 0 fully saturated rings. The molecule has 0 spiro atoms. The van der Waals surface area contributed by atoms with Crippen LogP contribution in [0, 0.1) is 0 Å². The van der Waals surface area contributed by atoms with E-state index in [1.54, 1.807) is 0 Å². The molecule has 1 aliphatic heterocycles. The maximum Gasteiger partial charge on any atom is 0.0602 e. The average molecular weight is 239 g/mol. The highest BCUT2D eigenvalue weighted by Crippen LogP contribution is 2.28. The van der Waals surface area contributed by atoms with E-state index >= 15 is 0 Å². The quantitative estimate of drug-likeness (QED) is 0.892. The van der Waals surface area contributed by atoms with Gasteiger partial charge in [0.1, 0.15) is 0 Å². The van der Waals surface area contributed by atoms with Crippen molar-refractivity contribution in [3.05, 3.63) is 59.4 Å². The summed E-state index contributed by atoms with van der Waals surface area (Å²) in [6, 6.07) is 12.7. The summed E-state index contributed by atoms with van der Waals surface area (Å²) < 4.78 is 0. The Bertz CT molecular complexity index is 534. The molecule has 0 aliphatic carbocycles. The summed E-state index contributed by atoms with van der Waals surface area (Å²) in [5.41, 5.74) is 10.6. The highest BCUT2D eigenvalue weighted by Gasteiger charge is 2.18. The Labute approximate surface area is 107 Å². The number of fused-ring (bicyclic) bond motifs is 1. The molecule has 0 unspecified atom stereocenters. The zero-order valence-corrected chi connectivity index (χ0v) is 10.3. The lowest BCUT2D eigenvalue weighted by Gasteiger charge is -2.18. The fraction of sp³-hybridized carbons (Fsp3) is 0.267. The monoisotopic (exact) mass is 239 g/mol. The predicted octanol–water partition coefficient (Wildman–Crippen LogP) is 2.10. The van der Waals surface area contributed by atoms with E-state index in [1.165, 1.54) is 11.3 Å². The third-order valence-corrected chi connectivity index (χ3v) is 3.46. The van der Waals surface area contributed by atoms with Crippen molar-refractivity contribution in [2.24, 2.45) is 5.73 Å². The second-order valence-corrected chi connectivity index (χ2v) is 4.66. The molecule has 0 saturated heterocycles. The third kappa shape index (κ3) is 2.09.